The predicted molar refractivity (Wildman–Crippen MR) is 90.9 cm³/mol. The Morgan fingerprint density at radius 2 is 1.55 bits per heavy atom. The summed E-state index contributed by atoms with van der Waals surface area (Å²) in [7, 11) is 0. The Kier molecular flexibility index (Phi) is 6.32. The van der Waals surface area contributed by atoms with Crippen LogP contribution in [0.3, 0.4) is 0 Å². The minimum atomic E-state index is -1.09. The van der Waals surface area contributed by atoms with E-state index in [-0.39, 0.29) is 0 Å². The fourth-order valence-electron chi connectivity index (χ4n) is 2.17. The van der Waals surface area contributed by atoms with Gasteiger partial charge in [-0.1, -0.05) is 84.0 Å². The zero-order valence-corrected chi connectivity index (χ0v) is 13.9. The summed E-state index contributed by atoms with van der Waals surface area (Å²) in [5.41, 5.74) is 2.55. The Labute approximate surface area is 131 Å². The zero-order valence-electron chi connectivity index (χ0n) is 11.5. The highest BCUT2D eigenvalue weighted by molar-refractivity contribution is 8.08. The van der Waals surface area contributed by atoms with Crippen molar-refractivity contribution in [3.63, 3.8) is 0 Å². The van der Waals surface area contributed by atoms with Crippen molar-refractivity contribution < 1.29 is 0 Å². The number of halogens is 2. The predicted octanol–water partition coefficient (Wildman–Crippen LogP) is 5.12. The van der Waals surface area contributed by atoms with Gasteiger partial charge in [0.25, 0.3) is 0 Å². The smallest absolute Gasteiger partial charge is 0.117 e. The van der Waals surface area contributed by atoms with E-state index >= 15 is 0 Å². The normalized spacial score (nSPS) is 11.2. The molecule has 0 aromatic heterocycles. The van der Waals surface area contributed by atoms with Gasteiger partial charge in [-0.05, 0) is 17.7 Å². The Morgan fingerprint density at radius 3 is 2.20 bits per heavy atom. The van der Waals surface area contributed by atoms with E-state index in [0.717, 1.165) is 24.9 Å². The summed E-state index contributed by atoms with van der Waals surface area (Å²) < 4.78 is 0. The molecule has 0 N–H and O–H groups in total. The first-order valence-corrected chi connectivity index (χ1v) is 9.81. The van der Waals surface area contributed by atoms with Crippen LogP contribution >= 0.6 is 29.1 Å². The third-order valence-electron chi connectivity index (χ3n) is 3.26. The molecule has 0 atom stereocenters. The average molecular weight is 326 g/mol. The van der Waals surface area contributed by atoms with Crippen LogP contribution in [0.1, 0.15) is 18.1 Å². The first-order chi connectivity index (χ1) is 9.70. The number of rotatable bonds is 6. The van der Waals surface area contributed by atoms with E-state index in [1.54, 1.807) is 0 Å². The molecule has 0 heterocycles. The van der Waals surface area contributed by atoms with Crippen LogP contribution in [0.15, 0.2) is 54.6 Å². The molecule has 0 aliphatic heterocycles. The van der Waals surface area contributed by atoms with E-state index in [4.69, 9.17) is 22.5 Å². The van der Waals surface area contributed by atoms with Crippen LogP contribution in [0.4, 0.5) is 0 Å². The fourth-order valence-corrected chi connectivity index (χ4v) is 3.72. The van der Waals surface area contributed by atoms with Crippen LogP contribution in [0.2, 0.25) is 0 Å². The van der Waals surface area contributed by atoms with Crippen molar-refractivity contribution in [3.8, 4) is 0 Å². The molecule has 0 saturated heterocycles. The summed E-state index contributed by atoms with van der Waals surface area (Å²) in [5.74, 6) is 0. The van der Waals surface area contributed by atoms with E-state index in [9.17, 15) is 0 Å². The topological polar surface area (TPSA) is 3.24 Å². The highest BCUT2D eigenvalue weighted by Gasteiger charge is 2.12. The monoisotopic (exact) mass is 325 g/mol. The highest BCUT2D eigenvalue weighted by Crippen LogP contribution is 2.46. The van der Waals surface area contributed by atoms with Crippen LogP contribution in [0, 0.1) is 0 Å². The summed E-state index contributed by atoms with van der Waals surface area (Å²) in [6, 6.07) is 18.7. The summed E-state index contributed by atoms with van der Waals surface area (Å²) in [5, 5.41) is 1.07. The maximum atomic E-state index is 6.11. The van der Waals surface area contributed by atoms with Crippen LogP contribution < -0.4 is 5.30 Å². The number of hydrogen-bond acceptors (Lipinski definition) is 1. The van der Waals surface area contributed by atoms with Gasteiger partial charge in [-0.15, -0.1) is 0 Å². The second-order valence-corrected chi connectivity index (χ2v) is 8.15. The minimum Gasteiger partial charge on any atom is -0.295 e. The second-order valence-electron chi connectivity index (χ2n) is 4.65. The molecule has 0 aliphatic rings. The maximum Gasteiger partial charge on any atom is 0.117 e. The lowest BCUT2D eigenvalue weighted by molar-refractivity contribution is 0.272. The van der Waals surface area contributed by atoms with Gasteiger partial charge >= 0.3 is 0 Å². The maximum absolute atomic E-state index is 6.11. The van der Waals surface area contributed by atoms with E-state index in [1.165, 1.54) is 11.1 Å². The van der Waals surface area contributed by atoms with Crippen molar-refractivity contribution in [2.75, 3.05) is 6.54 Å². The van der Waals surface area contributed by atoms with Crippen LogP contribution in [-0.2, 0) is 13.1 Å². The molecule has 0 unspecified atom stereocenters. The van der Waals surface area contributed by atoms with E-state index in [1.807, 2.05) is 24.3 Å². The fraction of sp³-hybridized carbons (Fsp3) is 0.250. The zero-order chi connectivity index (χ0) is 14.4. The van der Waals surface area contributed by atoms with Crippen molar-refractivity contribution in [1.29, 1.82) is 0 Å². The molecule has 4 heteroatoms. The Balaban J connectivity index is 2.11. The minimum absolute atomic E-state index is 0.875. The number of nitrogens with zero attached hydrogens (tertiary/aromatic N) is 1. The third-order valence-corrected chi connectivity index (χ3v) is 5.16. The van der Waals surface area contributed by atoms with Crippen molar-refractivity contribution in [1.82, 2.24) is 4.90 Å². The molecule has 20 heavy (non-hydrogen) atoms. The molecule has 0 bridgehead atoms. The Morgan fingerprint density at radius 1 is 0.900 bits per heavy atom. The second kappa shape index (κ2) is 8.00. The van der Waals surface area contributed by atoms with Gasteiger partial charge < -0.3 is 0 Å². The quantitative estimate of drug-likeness (QED) is 0.666. The lowest BCUT2D eigenvalue weighted by Crippen LogP contribution is -2.24. The number of hydrogen-bond donors (Lipinski definition) is 0. The first kappa shape index (κ1) is 15.8. The SMILES string of the molecule is CCN(Cc1ccccc1)Cc1ccccc1P(Cl)Cl. The average Bonchev–Trinajstić information content (AvgIpc) is 2.48. The molecule has 0 saturated carbocycles. The molecule has 1 nitrogen and oxygen atoms in total. The van der Waals surface area contributed by atoms with E-state index in [0.29, 0.717) is 0 Å². The highest BCUT2D eigenvalue weighted by atomic mass is 35.9. The third kappa shape index (κ3) is 4.46. The van der Waals surface area contributed by atoms with Gasteiger partial charge in [-0.25, -0.2) is 0 Å². The Hall–Kier alpha value is -0.590. The van der Waals surface area contributed by atoms with Crippen LogP contribution in [-0.4, -0.2) is 11.4 Å². The molecular weight excluding hydrogens is 308 g/mol. The molecule has 0 radical (unpaired) electrons. The molecule has 2 rings (SSSR count). The van der Waals surface area contributed by atoms with Crippen molar-refractivity contribution in [2.45, 2.75) is 20.0 Å². The molecule has 106 valence electrons. The van der Waals surface area contributed by atoms with Gasteiger partial charge in [0.1, 0.15) is 6.63 Å². The van der Waals surface area contributed by atoms with Gasteiger partial charge in [0.2, 0.25) is 0 Å². The molecule has 2 aromatic rings. The molecule has 0 aliphatic carbocycles. The van der Waals surface area contributed by atoms with Gasteiger partial charge in [-0.2, -0.15) is 0 Å². The van der Waals surface area contributed by atoms with Crippen LogP contribution in [0.25, 0.3) is 0 Å². The lowest BCUT2D eigenvalue weighted by Gasteiger charge is -2.22. The summed E-state index contributed by atoms with van der Waals surface area (Å²) >= 11 is 12.2. The summed E-state index contributed by atoms with van der Waals surface area (Å²) in [4.78, 5) is 2.39. The molecule has 0 amide bonds. The summed E-state index contributed by atoms with van der Waals surface area (Å²) in [6.07, 6.45) is 0. The Bertz CT molecular complexity index is 531. The number of benzene rings is 2. The molecule has 0 spiro atoms. The molecule has 2 aromatic carbocycles. The standard InChI is InChI=1S/C16H18Cl2NP/c1-2-19(12-14-8-4-3-5-9-14)13-15-10-6-7-11-16(15)20(17)18/h3-11H,2,12-13H2,1H3. The van der Waals surface area contributed by atoms with Crippen LogP contribution in [0.5, 0.6) is 0 Å². The largest absolute Gasteiger partial charge is 0.295 e. The van der Waals surface area contributed by atoms with E-state index in [2.05, 4.69) is 42.2 Å². The van der Waals surface area contributed by atoms with Gasteiger partial charge in [0, 0.05) is 18.4 Å². The molecule has 0 fully saturated rings. The van der Waals surface area contributed by atoms with E-state index < -0.39 is 6.63 Å². The van der Waals surface area contributed by atoms with Gasteiger partial charge in [0.05, 0.1) is 0 Å². The van der Waals surface area contributed by atoms with Gasteiger partial charge in [-0.3, -0.25) is 4.90 Å². The van der Waals surface area contributed by atoms with Crippen molar-refractivity contribution in [2.24, 2.45) is 0 Å². The van der Waals surface area contributed by atoms with Gasteiger partial charge in [0.15, 0.2) is 0 Å². The van der Waals surface area contributed by atoms with Crippen molar-refractivity contribution >= 4 is 34.4 Å². The molecular formula is C16H18Cl2NP. The first-order valence-electron chi connectivity index (χ1n) is 6.66. The summed E-state index contributed by atoms with van der Waals surface area (Å²) in [6.45, 7) is 3.89. The lowest BCUT2D eigenvalue weighted by atomic mass is 10.1. The van der Waals surface area contributed by atoms with Crippen molar-refractivity contribution in [3.05, 3.63) is 65.7 Å².